The van der Waals surface area contributed by atoms with Crippen molar-refractivity contribution in [1.82, 2.24) is 10.2 Å². The Labute approximate surface area is 90.3 Å². The average Bonchev–Trinajstić information content (AvgIpc) is 2.41. The van der Waals surface area contributed by atoms with Gasteiger partial charge in [0.2, 0.25) is 0 Å². The first-order valence-corrected chi connectivity index (χ1v) is 5.34. The van der Waals surface area contributed by atoms with E-state index in [9.17, 15) is 9.59 Å². The van der Waals surface area contributed by atoms with Crippen molar-refractivity contribution in [1.29, 1.82) is 0 Å². The summed E-state index contributed by atoms with van der Waals surface area (Å²) in [6.45, 7) is 7.71. The SMILES string of the molecule is CCNCCCN1C(=O)C(C)=C(C)C1=O. The van der Waals surface area contributed by atoms with E-state index >= 15 is 0 Å². The molecule has 0 fully saturated rings. The van der Waals surface area contributed by atoms with Gasteiger partial charge in [-0.3, -0.25) is 14.5 Å². The van der Waals surface area contributed by atoms with Gasteiger partial charge in [-0.15, -0.1) is 0 Å². The lowest BCUT2D eigenvalue weighted by Crippen LogP contribution is -2.34. The second kappa shape index (κ2) is 5.07. The van der Waals surface area contributed by atoms with Gasteiger partial charge in [0.15, 0.2) is 0 Å². The molecule has 0 unspecified atom stereocenters. The number of nitrogens with zero attached hydrogens (tertiary/aromatic N) is 1. The fourth-order valence-corrected chi connectivity index (χ4v) is 1.56. The van der Waals surface area contributed by atoms with Crippen LogP contribution in [-0.4, -0.2) is 36.3 Å². The number of amides is 2. The summed E-state index contributed by atoms with van der Waals surface area (Å²) in [4.78, 5) is 24.6. The largest absolute Gasteiger partial charge is 0.317 e. The lowest BCUT2D eigenvalue weighted by molar-refractivity contribution is -0.137. The molecule has 0 atom stereocenters. The van der Waals surface area contributed by atoms with Crippen molar-refractivity contribution in [3.05, 3.63) is 11.1 Å². The van der Waals surface area contributed by atoms with Gasteiger partial charge in [0, 0.05) is 17.7 Å². The molecule has 0 aromatic rings. The van der Waals surface area contributed by atoms with Crippen LogP contribution in [0.1, 0.15) is 27.2 Å². The standard InChI is InChI=1S/C11H18N2O2/c1-4-12-6-5-7-13-10(14)8(2)9(3)11(13)15/h12H,4-7H2,1-3H3. The smallest absolute Gasteiger partial charge is 0.256 e. The summed E-state index contributed by atoms with van der Waals surface area (Å²) in [5.41, 5.74) is 1.17. The lowest BCUT2D eigenvalue weighted by Gasteiger charge is -2.14. The highest BCUT2D eigenvalue weighted by molar-refractivity contribution is 6.18. The van der Waals surface area contributed by atoms with Crippen LogP contribution in [0, 0.1) is 0 Å². The average molecular weight is 210 g/mol. The monoisotopic (exact) mass is 210 g/mol. The third-order valence-corrected chi connectivity index (χ3v) is 2.68. The van der Waals surface area contributed by atoms with Gasteiger partial charge in [0.05, 0.1) is 0 Å². The predicted molar refractivity (Wildman–Crippen MR) is 58.3 cm³/mol. The number of nitrogens with one attached hydrogen (secondary N) is 1. The van der Waals surface area contributed by atoms with Crippen LogP contribution >= 0.6 is 0 Å². The molecule has 1 N–H and O–H groups in total. The van der Waals surface area contributed by atoms with Crippen LogP contribution in [0.3, 0.4) is 0 Å². The Morgan fingerprint density at radius 1 is 1.13 bits per heavy atom. The van der Waals surface area contributed by atoms with Crippen molar-refractivity contribution >= 4 is 11.8 Å². The van der Waals surface area contributed by atoms with Crippen molar-refractivity contribution < 1.29 is 9.59 Å². The fraction of sp³-hybridized carbons (Fsp3) is 0.636. The van der Waals surface area contributed by atoms with Crippen LogP contribution in [0.2, 0.25) is 0 Å². The van der Waals surface area contributed by atoms with Crippen molar-refractivity contribution in [3.8, 4) is 0 Å². The molecule has 4 heteroatoms. The van der Waals surface area contributed by atoms with Gasteiger partial charge in [-0.05, 0) is 33.4 Å². The van der Waals surface area contributed by atoms with Crippen molar-refractivity contribution in [2.45, 2.75) is 27.2 Å². The van der Waals surface area contributed by atoms with Gasteiger partial charge in [0.25, 0.3) is 11.8 Å². The van der Waals surface area contributed by atoms with E-state index in [0.29, 0.717) is 17.7 Å². The summed E-state index contributed by atoms with van der Waals surface area (Å²) in [5, 5.41) is 3.16. The van der Waals surface area contributed by atoms with E-state index in [2.05, 4.69) is 5.32 Å². The topological polar surface area (TPSA) is 49.4 Å². The van der Waals surface area contributed by atoms with Gasteiger partial charge in [0.1, 0.15) is 0 Å². The molecule has 84 valence electrons. The second-order valence-corrected chi connectivity index (χ2v) is 3.72. The van der Waals surface area contributed by atoms with E-state index in [1.165, 1.54) is 4.90 Å². The normalized spacial score (nSPS) is 16.9. The minimum Gasteiger partial charge on any atom is -0.317 e. The molecule has 0 radical (unpaired) electrons. The van der Waals surface area contributed by atoms with Crippen LogP contribution < -0.4 is 5.32 Å². The Bertz CT molecular complexity index is 284. The highest BCUT2D eigenvalue weighted by atomic mass is 16.2. The Balaban J connectivity index is 2.46. The van der Waals surface area contributed by atoms with Gasteiger partial charge < -0.3 is 5.32 Å². The number of carbonyl (C=O) groups excluding carboxylic acids is 2. The summed E-state index contributed by atoms with van der Waals surface area (Å²) < 4.78 is 0. The maximum absolute atomic E-state index is 11.6. The molecular formula is C11H18N2O2. The Hall–Kier alpha value is -1.16. The molecule has 0 spiro atoms. The molecule has 1 aliphatic rings. The molecule has 4 nitrogen and oxygen atoms in total. The highest BCUT2D eigenvalue weighted by Crippen LogP contribution is 2.19. The molecule has 0 bridgehead atoms. The Morgan fingerprint density at radius 3 is 2.13 bits per heavy atom. The van der Waals surface area contributed by atoms with Gasteiger partial charge in [-0.2, -0.15) is 0 Å². The van der Waals surface area contributed by atoms with Crippen LogP contribution in [0.4, 0.5) is 0 Å². The van der Waals surface area contributed by atoms with E-state index in [4.69, 9.17) is 0 Å². The Kier molecular flexibility index (Phi) is 4.03. The van der Waals surface area contributed by atoms with Crippen molar-refractivity contribution in [2.75, 3.05) is 19.6 Å². The maximum Gasteiger partial charge on any atom is 0.256 e. The Morgan fingerprint density at radius 2 is 1.67 bits per heavy atom. The van der Waals surface area contributed by atoms with Gasteiger partial charge in [-0.25, -0.2) is 0 Å². The number of carbonyl (C=O) groups is 2. The summed E-state index contributed by atoms with van der Waals surface area (Å²) in [6.07, 6.45) is 0.811. The molecule has 0 aromatic heterocycles. The summed E-state index contributed by atoms with van der Waals surface area (Å²) in [5.74, 6) is -0.261. The minimum absolute atomic E-state index is 0.131. The second-order valence-electron chi connectivity index (χ2n) is 3.72. The molecule has 0 saturated heterocycles. The molecule has 0 aromatic carbocycles. The third-order valence-electron chi connectivity index (χ3n) is 2.68. The van der Waals surface area contributed by atoms with Crippen LogP contribution in [0.25, 0.3) is 0 Å². The molecule has 0 saturated carbocycles. The number of imide groups is 1. The number of hydrogen-bond acceptors (Lipinski definition) is 3. The van der Waals surface area contributed by atoms with Gasteiger partial charge >= 0.3 is 0 Å². The number of rotatable bonds is 5. The van der Waals surface area contributed by atoms with E-state index in [-0.39, 0.29) is 11.8 Å². The molecule has 2 amide bonds. The quantitative estimate of drug-likeness (QED) is 0.536. The zero-order chi connectivity index (χ0) is 11.4. The zero-order valence-corrected chi connectivity index (χ0v) is 9.59. The zero-order valence-electron chi connectivity index (χ0n) is 9.59. The van der Waals surface area contributed by atoms with Gasteiger partial charge in [-0.1, -0.05) is 6.92 Å². The molecule has 1 aliphatic heterocycles. The van der Waals surface area contributed by atoms with E-state index < -0.39 is 0 Å². The van der Waals surface area contributed by atoms with E-state index in [1.54, 1.807) is 13.8 Å². The third kappa shape index (κ3) is 2.45. The number of hydrogen-bond donors (Lipinski definition) is 1. The van der Waals surface area contributed by atoms with E-state index in [1.807, 2.05) is 6.92 Å². The van der Waals surface area contributed by atoms with Crippen LogP contribution in [0.15, 0.2) is 11.1 Å². The molecule has 1 heterocycles. The van der Waals surface area contributed by atoms with E-state index in [0.717, 1.165) is 19.5 Å². The molecule has 0 aliphatic carbocycles. The highest BCUT2D eigenvalue weighted by Gasteiger charge is 2.32. The predicted octanol–water partition coefficient (Wildman–Crippen LogP) is 0.691. The summed E-state index contributed by atoms with van der Waals surface area (Å²) in [7, 11) is 0. The van der Waals surface area contributed by atoms with Crippen LogP contribution in [0.5, 0.6) is 0 Å². The first kappa shape index (κ1) is 11.9. The lowest BCUT2D eigenvalue weighted by atomic mass is 10.2. The first-order valence-electron chi connectivity index (χ1n) is 5.34. The fourth-order valence-electron chi connectivity index (χ4n) is 1.56. The first-order chi connectivity index (χ1) is 7.09. The summed E-state index contributed by atoms with van der Waals surface area (Å²) >= 11 is 0. The maximum atomic E-state index is 11.6. The summed E-state index contributed by atoms with van der Waals surface area (Å²) in [6, 6.07) is 0. The minimum atomic E-state index is -0.131. The van der Waals surface area contributed by atoms with Crippen LogP contribution in [-0.2, 0) is 9.59 Å². The molecule has 15 heavy (non-hydrogen) atoms. The van der Waals surface area contributed by atoms with Crippen molar-refractivity contribution in [2.24, 2.45) is 0 Å². The molecular weight excluding hydrogens is 192 g/mol. The van der Waals surface area contributed by atoms with Crippen molar-refractivity contribution in [3.63, 3.8) is 0 Å². The molecule has 1 rings (SSSR count).